The lowest BCUT2D eigenvalue weighted by molar-refractivity contribution is -0.149. The highest BCUT2D eigenvalue weighted by atomic mass is 16.5. The first-order chi connectivity index (χ1) is 15.5. The first kappa shape index (κ1) is 24.1. The Hall–Kier alpha value is -2.57. The molecular weight excluding hydrogens is 408 g/mol. The Morgan fingerprint density at radius 2 is 1.88 bits per heavy atom. The number of carboxylic acids is 1. The van der Waals surface area contributed by atoms with Crippen LogP contribution in [0.1, 0.15) is 57.9 Å². The van der Waals surface area contributed by atoms with E-state index in [1.165, 1.54) is 0 Å². The summed E-state index contributed by atoms with van der Waals surface area (Å²) in [6.45, 7) is 4.60. The molecule has 1 aliphatic carbocycles. The molecule has 0 bridgehead atoms. The molecule has 32 heavy (non-hydrogen) atoms. The molecule has 0 aromatic heterocycles. The molecule has 1 heterocycles. The van der Waals surface area contributed by atoms with Gasteiger partial charge in [0.25, 0.3) is 0 Å². The fourth-order valence-corrected chi connectivity index (χ4v) is 5.26. The van der Waals surface area contributed by atoms with Crippen LogP contribution in [0.25, 0.3) is 0 Å². The number of urea groups is 1. The second kappa shape index (κ2) is 11.3. The van der Waals surface area contributed by atoms with Crippen LogP contribution in [0.15, 0.2) is 30.3 Å². The van der Waals surface area contributed by atoms with Gasteiger partial charge in [0, 0.05) is 19.1 Å². The molecule has 1 N–H and O–H groups in total. The van der Waals surface area contributed by atoms with Crippen LogP contribution in [-0.4, -0.2) is 64.7 Å². The van der Waals surface area contributed by atoms with E-state index in [1.807, 2.05) is 37.3 Å². The van der Waals surface area contributed by atoms with Crippen molar-refractivity contribution < 1.29 is 24.2 Å². The van der Waals surface area contributed by atoms with E-state index in [9.17, 15) is 19.5 Å². The van der Waals surface area contributed by atoms with E-state index in [0.29, 0.717) is 25.8 Å². The Morgan fingerprint density at radius 1 is 1.16 bits per heavy atom. The number of rotatable bonds is 9. The lowest BCUT2D eigenvalue weighted by Gasteiger charge is -2.37. The number of carbonyl (C=O) groups excluding carboxylic acids is 2. The summed E-state index contributed by atoms with van der Waals surface area (Å²) in [5.74, 6) is -1.44. The monoisotopic (exact) mass is 444 g/mol. The van der Waals surface area contributed by atoms with E-state index in [-0.39, 0.29) is 37.1 Å². The number of benzene rings is 1. The Bertz CT molecular complexity index is 784. The molecule has 1 aromatic carbocycles. The van der Waals surface area contributed by atoms with E-state index in [2.05, 4.69) is 0 Å². The molecule has 0 radical (unpaired) electrons. The standard InChI is InChI=1S/C25H36N2O5/c1-3-26(17-20(24(30)32-4-2)15-14-18-10-6-5-7-11-18)25(31)27-21-13-9-8-12-19(21)16-22(27)23(28)29/h5-7,10-11,19-22H,3-4,8-9,12-17H2,1-2H3,(H,28,29)/t19-,20-,21-,22+/m1/s1. The lowest BCUT2D eigenvalue weighted by atomic mass is 9.85. The summed E-state index contributed by atoms with van der Waals surface area (Å²) in [5, 5.41) is 9.80. The van der Waals surface area contributed by atoms with Crippen LogP contribution in [0, 0.1) is 11.8 Å². The van der Waals surface area contributed by atoms with Crippen LogP contribution in [0.3, 0.4) is 0 Å². The van der Waals surface area contributed by atoms with E-state index in [0.717, 1.165) is 31.2 Å². The van der Waals surface area contributed by atoms with Crippen molar-refractivity contribution in [2.24, 2.45) is 11.8 Å². The highest BCUT2D eigenvalue weighted by Gasteiger charge is 2.48. The van der Waals surface area contributed by atoms with Crippen LogP contribution in [0.4, 0.5) is 4.79 Å². The zero-order valence-electron chi connectivity index (χ0n) is 19.2. The molecule has 176 valence electrons. The predicted molar refractivity (Wildman–Crippen MR) is 121 cm³/mol. The molecule has 7 nitrogen and oxygen atoms in total. The maximum absolute atomic E-state index is 13.6. The Balaban J connectivity index is 1.74. The van der Waals surface area contributed by atoms with Gasteiger partial charge in [-0.15, -0.1) is 0 Å². The van der Waals surface area contributed by atoms with Gasteiger partial charge in [-0.2, -0.15) is 0 Å². The normalized spacial score (nSPS) is 23.3. The summed E-state index contributed by atoms with van der Waals surface area (Å²) in [5.41, 5.74) is 1.13. The minimum atomic E-state index is -0.935. The van der Waals surface area contributed by atoms with Crippen molar-refractivity contribution in [3.05, 3.63) is 35.9 Å². The van der Waals surface area contributed by atoms with Crippen molar-refractivity contribution in [2.75, 3.05) is 19.7 Å². The molecule has 2 amide bonds. The molecular formula is C25H36N2O5. The second-order valence-electron chi connectivity index (χ2n) is 8.90. The number of ether oxygens (including phenoxy) is 1. The van der Waals surface area contributed by atoms with Gasteiger partial charge in [-0.3, -0.25) is 4.79 Å². The highest BCUT2D eigenvalue weighted by Crippen LogP contribution is 2.40. The van der Waals surface area contributed by atoms with Gasteiger partial charge in [0.15, 0.2) is 0 Å². The topological polar surface area (TPSA) is 87.2 Å². The quantitative estimate of drug-likeness (QED) is 0.583. The zero-order valence-corrected chi connectivity index (χ0v) is 19.2. The van der Waals surface area contributed by atoms with Crippen LogP contribution in [-0.2, 0) is 20.7 Å². The first-order valence-corrected chi connectivity index (χ1v) is 12.0. The third kappa shape index (κ3) is 5.61. The summed E-state index contributed by atoms with van der Waals surface area (Å²) in [4.78, 5) is 41.5. The Morgan fingerprint density at radius 3 is 2.53 bits per heavy atom. The summed E-state index contributed by atoms with van der Waals surface area (Å²) < 4.78 is 5.30. The van der Waals surface area contributed by atoms with E-state index in [1.54, 1.807) is 16.7 Å². The second-order valence-corrected chi connectivity index (χ2v) is 8.90. The predicted octanol–water partition coefficient (Wildman–Crippen LogP) is 3.96. The van der Waals surface area contributed by atoms with Crippen molar-refractivity contribution in [1.29, 1.82) is 0 Å². The van der Waals surface area contributed by atoms with E-state index < -0.39 is 17.9 Å². The molecule has 2 fully saturated rings. The molecule has 7 heteroatoms. The van der Waals surface area contributed by atoms with Gasteiger partial charge < -0.3 is 19.6 Å². The van der Waals surface area contributed by atoms with Gasteiger partial charge in [0.05, 0.1) is 12.5 Å². The van der Waals surface area contributed by atoms with Crippen molar-refractivity contribution in [3.8, 4) is 0 Å². The number of carboxylic acid groups (broad SMARTS) is 1. The van der Waals surface area contributed by atoms with Crippen LogP contribution in [0.2, 0.25) is 0 Å². The molecule has 1 saturated heterocycles. The third-order valence-electron chi connectivity index (χ3n) is 6.93. The molecule has 0 spiro atoms. The molecule has 1 aromatic rings. The summed E-state index contributed by atoms with van der Waals surface area (Å²) in [6, 6.07) is 8.88. The van der Waals surface area contributed by atoms with Gasteiger partial charge in [-0.1, -0.05) is 43.2 Å². The number of likely N-dealkylation sites (tertiary alicyclic amines) is 1. The number of aryl methyl sites for hydroxylation is 1. The number of fused-ring (bicyclic) bond motifs is 1. The fourth-order valence-electron chi connectivity index (χ4n) is 5.26. The van der Waals surface area contributed by atoms with Gasteiger partial charge >= 0.3 is 18.0 Å². The largest absolute Gasteiger partial charge is 0.480 e. The Labute approximate surface area is 190 Å². The number of hydrogen-bond donors (Lipinski definition) is 1. The summed E-state index contributed by atoms with van der Waals surface area (Å²) in [7, 11) is 0. The molecule has 3 rings (SSSR count). The van der Waals surface area contributed by atoms with Gasteiger partial charge in [-0.05, 0) is 57.4 Å². The number of carbonyl (C=O) groups is 3. The van der Waals surface area contributed by atoms with E-state index in [4.69, 9.17) is 4.74 Å². The van der Waals surface area contributed by atoms with Gasteiger partial charge in [0.1, 0.15) is 6.04 Å². The SMILES string of the molecule is CCOC(=O)[C@H](CCc1ccccc1)CN(CC)C(=O)N1[C@@H]2CCCC[C@@H]2C[C@H]1C(=O)O. The van der Waals surface area contributed by atoms with Gasteiger partial charge in [0.2, 0.25) is 0 Å². The van der Waals surface area contributed by atoms with Crippen LogP contribution in [0.5, 0.6) is 0 Å². The summed E-state index contributed by atoms with van der Waals surface area (Å²) >= 11 is 0. The molecule has 4 atom stereocenters. The Kier molecular flexibility index (Phi) is 8.53. The number of amides is 2. The summed E-state index contributed by atoms with van der Waals surface area (Å²) in [6.07, 6.45) is 5.76. The maximum atomic E-state index is 13.6. The minimum absolute atomic E-state index is 0.0169. The third-order valence-corrected chi connectivity index (χ3v) is 6.93. The van der Waals surface area contributed by atoms with Crippen LogP contribution >= 0.6 is 0 Å². The smallest absolute Gasteiger partial charge is 0.326 e. The molecule has 0 unspecified atom stereocenters. The lowest BCUT2D eigenvalue weighted by Crippen LogP contribution is -2.53. The number of hydrogen-bond acceptors (Lipinski definition) is 4. The molecule has 2 aliphatic rings. The average Bonchev–Trinajstić information content (AvgIpc) is 3.20. The first-order valence-electron chi connectivity index (χ1n) is 12.0. The van der Waals surface area contributed by atoms with E-state index >= 15 is 0 Å². The fraction of sp³-hybridized carbons (Fsp3) is 0.640. The molecule has 1 saturated carbocycles. The van der Waals surface area contributed by atoms with Crippen molar-refractivity contribution in [2.45, 2.75) is 70.9 Å². The number of esters is 1. The zero-order chi connectivity index (χ0) is 23.1. The maximum Gasteiger partial charge on any atom is 0.326 e. The van der Waals surface area contributed by atoms with Crippen molar-refractivity contribution in [3.63, 3.8) is 0 Å². The highest BCUT2D eigenvalue weighted by molar-refractivity contribution is 5.84. The van der Waals surface area contributed by atoms with Crippen molar-refractivity contribution in [1.82, 2.24) is 9.80 Å². The molecule has 1 aliphatic heterocycles. The van der Waals surface area contributed by atoms with Crippen LogP contribution < -0.4 is 0 Å². The van der Waals surface area contributed by atoms with Crippen molar-refractivity contribution >= 4 is 18.0 Å². The number of nitrogens with zero attached hydrogens (tertiary/aromatic N) is 2. The van der Waals surface area contributed by atoms with Gasteiger partial charge in [-0.25, -0.2) is 9.59 Å². The number of aliphatic carboxylic acids is 1. The minimum Gasteiger partial charge on any atom is -0.480 e. The average molecular weight is 445 g/mol.